The number of carbonyl (C=O) groups is 6. The van der Waals surface area contributed by atoms with Crippen LogP contribution < -0.4 is 21.7 Å². The summed E-state index contributed by atoms with van der Waals surface area (Å²) in [4.78, 5) is 78.6. The fourth-order valence-corrected chi connectivity index (χ4v) is 6.34. The molecule has 0 saturated heterocycles. The van der Waals surface area contributed by atoms with Crippen LogP contribution in [0.3, 0.4) is 0 Å². The Morgan fingerprint density at radius 1 is 0.800 bits per heavy atom. The van der Waals surface area contributed by atoms with E-state index in [-0.39, 0.29) is 36.6 Å². The van der Waals surface area contributed by atoms with E-state index in [0.29, 0.717) is 35.7 Å². The van der Waals surface area contributed by atoms with Gasteiger partial charge in [0.15, 0.2) is 0 Å². The van der Waals surface area contributed by atoms with Gasteiger partial charge in [0.05, 0.1) is 17.0 Å². The predicted octanol–water partition coefficient (Wildman–Crippen LogP) is 5.33. The second-order valence-electron chi connectivity index (χ2n) is 15.6. The molecule has 17 heteroatoms. The minimum Gasteiger partial charge on any atom is -0.438 e. The first kappa shape index (κ1) is 46.9. The van der Waals surface area contributed by atoms with E-state index in [0.717, 1.165) is 12.8 Å². The maximum Gasteiger partial charge on any atom is 0.340 e. The molecule has 0 fully saturated rings. The van der Waals surface area contributed by atoms with E-state index in [1.807, 2.05) is 6.92 Å². The highest BCUT2D eigenvalue weighted by Crippen LogP contribution is 2.51. The lowest BCUT2D eigenvalue weighted by molar-refractivity contribution is -0.162. The summed E-state index contributed by atoms with van der Waals surface area (Å²) in [6.07, 6.45) is 3.32. The van der Waals surface area contributed by atoms with Crippen molar-refractivity contribution in [2.45, 2.75) is 132 Å². The van der Waals surface area contributed by atoms with E-state index < -0.39 is 73.8 Å². The predicted molar refractivity (Wildman–Crippen MR) is 206 cm³/mol. The van der Waals surface area contributed by atoms with Crippen LogP contribution in [0, 0.1) is 10.8 Å². The van der Waals surface area contributed by atoms with Crippen molar-refractivity contribution in [3.05, 3.63) is 35.5 Å². The number of fused-ring (bicyclic) bond motifs is 1. The van der Waals surface area contributed by atoms with Crippen LogP contribution in [0.15, 0.2) is 24.3 Å². The summed E-state index contributed by atoms with van der Waals surface area (Å²) in [5, 5.41) is 8.94. The van der Waals surface area contributed by atoms with Crippen LogP contribution in [-0.2, 0) is 53.2 Å². The van der Waals surface area contributed by atoms with Crippen LogP contribution in [0.5, 0.6) is 0 Å². The van der Waals surface area contributed by atoms with Crippen molar-refractivity contribution < 1.29 is 51.9 Å². The number of rotatable bonds is 22. The van der Waals surface area contributed by atoms with Gasteiger partial charge in [0, 0.05) is 23.4 Å². The number of hydrogen-bond donors (Lipinski definition) is 5. The Labute approximate surface area is 323 Å². The molecule has 308 valence electrons. The quantitative estimate of drug-likeness (QED) is 0.0442. The van der Waals surface area contributed by atoms with Crippen LogP contribution in [0.1, 0.15) is 123 Å². The molecular weight excluding hydrogens is 733 g/mol. The Morgan fingerprint density at radius 2 is 1.38 bits per heavy atom. The molecule has 0 saturated carbocycles. The zero-order chi connectivity index (χ0) is 41.6. The summed E-state index contributed by atoms with van der Waals surface area (Å²) in [7, 11) is -4.06. The van der Waals surface area contributed by atoms with Gasteiger partial charge in [-0.2, -0.15) is 0 Å². The molecule has 3 atom stereocenters. The molecule has 0 aliphatic heterocycles. The standard InChI is InChI=1S/C38H60N5O11P/c1-10-12-13-14-29(33(46)40-24(3)15-18-31(39)44)43-32(45)27(11-2)42-34(47)30-20-26-19-25(16-17-28(26)41-30)21-55(50,53-22-51-35(48)37(4,5)6)54-23-52-36(49)38(7,8)9/h16-17,19-20,24,27,29,41H,10-15,18,21-23H2,1-9H3,(H2,39,44)(H,40,46)(H,42,47)(H,43,45). The molecule has 0 aliphatic carbocycles. The number of nitrogens with two attached hydrogens (primary N) is 1. The first-order valence-electron chi connectivity index (χ1n) is 18.6. The van der Waals surface area contributed by atoms with Crippen LogP contribution in [0.4, 0.5) is 0 Å². The molecule has 0 spiro atoms. The van der Waals surface area contributed by atoms with Crippen LogP contribution >= 0.6 is 7.60 Å². The third-order valence-corrected chi connectivity index (χ3v) is 10.1. The number of nitrogens with one attached hydrogen (secondary N) is 4. The van der Waals surface area contributed by atoms with E-state index in [1.165, 1.54) is 0 Å². The molecule has 4 amide bonds. The molecule has 0 aliphatic rings. The van der Waals surface area contributed by atoms with Crippen molar-refractivity contribution in [3.8, 4) is 0 Å². The van der Waals surface area contributed by atoms with Gasteiger partial charge in [-0.3, -0.25) is 42.4 Å². The lowest BCUT2D eigenvalue weighted by Gasteiger charge is -2.24. The Hall–Kier alpha value is -4.27. The lowest BCUT2D eigenvalue weighted by Crippen LogP contribution is -2.54. The third kappa shape index (κ3) is 16.2. The maximum atomic E-state index is 13.8. The molecule has 1 aromatic carbocycles. The van der Waals surface area contributed by atoms with Crippen molar-refractivity contribution in [1.82, 2.24) is 20.9 Å². The Morgan fingerprint density at radius 3 is 1.91 bits per heavy atom. The average Bonchev–Trinajstić information content (AvgIpc) is 3.52. The number of unbranched alkanes of at least 4 members (excludes halogenated alkanes) is 2. The van der Waals surface area contributed by atoms with Gasteiger partial charge in [-0.15, -0.1) is 0 Å². The zero-order valence-corrected chi connectivity index (χ0v) is 34.5. The van der Waals surface area contributed by atoms with E-state index in [2.05, 4.69) is 20.9 Å². The highest BCUT2D eigenvalue weighted by atomic mass is 31.2. The first-order valence-corrected chi connectivity index (χ1v) is 20.4. The molecule has 0 radical (unpaired) electrons. The molecular formula is C38H60N5O11P. The largest absolute Gasteiger partial charge is 0.438 e. The summed E-state index contributed by atoms with van der Waals surface area (Å²) in [5.41, 5.74) is 4.77. The number of aromatic amines is 1. The molecule has 2 aromatic rings. The van der Waals surface area contributed by atoms with Gasteiger partial charge in [0.25, 0.3) is 5.91 Å². The fraction of sp³-hybridized carbons (Fsp3) is 0.632. The van der Waals surface area contributed by atoms with Gasteiger partial charge in [-0.1, -0.05) is 39.2 Å². The minimum absolute atomic E-state index is 0.115. The second kappa shape index (κ2) is 21.1. The number of hydrogen-bond acceptors (Lipinski definition) is 11. The number of carbonyl (C=O) groups excluding carboxylic acids is 6. The lowest BCUT2D eigenvalue weighted by atomic mass is 9.98. The summed E-state index contributed by atoms with van der Waals surface area (Å²) in [5.74, 6) is -3.10. The van der Waals surface area contributed by atoms with Crippen molar-refractivity contribution >= 4 is 54.1 Å². The fourth-order valence-electron chi connectivity index (χ4n) is 5.01. The van der Waals surface area contributed by atoms with Gasteiger partial charge in [0.1, 0.15) is 17.8 Å². The highest BCUT2D eigenvalue weighted by molar-refractivity contribution is 7.53. The molecule has 2 rings (SSSR count). The van der Waals surface area contributed by atoms with Crippen LogP contribution in [0.25, 0.3) is 10.9 Å². The van der Waals surface area contributed by atoms with Crippen molar-refractivity contribution in [1.29, 1.82) is 0 Å². The Kier molecular flexibility index (Phi) is 18.0. The minimum atomic E-state index is -4.06. The highest BCUT2D eigenvalue weighted by Gasteiger charge is 2.31. The van der Waals surface area contributed by atoms with Crippen molar-refractivity contribution in [2.24, 2.45) is 16.6 Å². The average molecular weight is 794 g/mol. The van der Waals surface area contributed by atoms with Gasteiger partial charge in [-0.25, -0.2) is 0 Å². The molecule has 1 aromatic heterocycles. The number of ether oxygens (including phenoxy) is 2. The number of esters is 2. The van der Waals surface area contributed by atoms with Gasteiger partial charge < -0.3 is 36.1 Å². The monoisotopic (exact) mass is 793 g/mol. The van der Waals surface area contributed by atoms with Crippen molar-refractivity contribution in [3.63, 3.8) is 0 Å². The van der Waals surface area contributed by atoms with Gasteiger partial charge in [0.2, 0.25) is 31.3 Å². The van der Waals surface area contributed by atoms with E-state index in [4.69, 9.17) is 24.3 Å². The number of primary amides is 1. The Balaban J connectivity index is 2.20. The second-order valence-corrected chi connectivity index (χ2v) is 17.7. The third-order valence-electron chi connectivity index (χ3n) is 8.38. The summed E-state index contributed by atoms with van der Waals surface area (Å²) >= 11 is 0. The van der Waals surface area contributed by atoms with Gasteiger partial charge >= 0.3 is 19.5 Å². The SMILES string of the molecule is CCCCCC(NC(=O)C(CC)NC(=O)c1cc2cc(CP(=O)(OCOC(=O)C(C)(C)C)OCOC(=O)C(C)(C)C)ccc2[nH]1)C(=O)NC(C)CCC(N)=O. The Bertz CT molecular complexity index is 1660. The topological polar surface area (TPSA) is 234 Å². The van der Waals surface area contributed by atoms with E-state index in [9.17, 15) is 33.3 Å². The van der Waals surface area contributed by atoms with Crippen LogP contribution in [-0.4, -0.2) is 72.3 Å². The number of amides is 4. The molecule has 1 heterocycles. The van der Waals surface area contributed by atoms with E-state index >= 15 is 0 Å². The number of aromatic nitrogens is 1. The van der Waals surface area contributed by atoms with Gasteiger partial charge in [-0.05, 0) is 91.5 Å². The smallest absolute Gasteiger partial charge is 0.340 e. The maximum absolute atomic E-state index is 13.8. The van der Waals surface area contributed by atoms with Crippen LogP contribution in [0.2, 0.25) is 0 Å². The van der Waals surface area contributed by atoms with E-state index in [1.54, 1.807) is 79.7 Å². The molecule has 3 unspecified atom stereocenters. The molecule has 16 nitrogen and oxygen atoms in total. The summed E-state index contributed by atoms with van der Waals surface area (Å²) in [6, 6.07) is 4.41. The molecule has 55 heavy (non-hydrogen) atoms. The normalized spacial score (nSPS) is 13.7. The van der Waals surface area contributed by atoms with Crippen molar-refractivity contribution in [2.75, 3.05) is 13.6 Å². The summed E-state index contributed by atoms with van der Waals surface area (Å²) < 4.78 is 35.0. The molecule has 6 N–H and O–H groups in total. The first-order chi connectivity index (χ1) is 25.6. The number of benzene rings is 1. The molecule has 0 bridgehead atoms. The summed E-state index contributed by atoms with van der Waals surface area (Å²) in [6.45, 7) is 14.1. The zero-order valence-electron chi connectivity index (χ0n) is 33.6. The number of H-pyrrole nitrogens is 1.